The molecule has 1 fully saturated rings. The van der Waals surface area contributed by atoms with E-state index < -0.39 is 24.1 Å². The van der Waals surface area contributed by atoms with Gasteiger partial charge in [0.1, 0.15) is 24.4 Å². The van der Waals surface area contributed by atoms with Gasteiger partial charge in [0, 0.05) is 0 Å². The first-order valence-corrected chi connectivity index (χ1v) is 8.08. The molecular weight excluding hydrogens is 320 g/mol. The number of ether oxygens (including phenoxy) is 3. The molecule has 5 nitrogen and oxygen atoms in total. The van der Waals surface area contributed by atoms with E-state index in [1.165, 1.54) is 0 Å². The highest BCUT2D eigenvalue weighted by Gasteiger charge is 2.54. The van der Waals surface area contributed by atoms with E-state index in [0.717, 1.165) is 0 Å². The summed E-state index contributed by atoms with van der Waals surface area (Å²) in [5.41, 5.74) is 0.983. The van der Waals surface area contributed by atoms with E-state index in [0.29, 0.717) is 11.1 Å². The maximum Gasteiger partial charge on any atom is 0.338 e. The molecule has 2 aliphatic rings. The highest BCUT2D eigenvalue weighted by Crippen LogP contribution is 2.37. The van der Waals surface area contributed by atoms with Gasteiger partial charge in [-0.3, -0.25) is 0 Å². The first kappa shape index (κ1) is 15.6. The molecule has 126 valence electrons. The minimum atomic E-state index is -0.468. The SMILES string of the molecule is O=C(O[C@H]1C=C[C@@H](OC(=O)c2ccccc2)[C@H]2O[C@H]21)c1ccccc1. The van der Waals surface area contributed by atoms with Crippen molar-refractivity contribution >= 4 is 11.9 Å². The number of benzene rings is 2. The van der Waals surface area contributed by atoms with E-state index in [-0.39, 0.29) is 12.2 Å². The molecule has 0 amide bonds. The van der Waals surface area contributed by atoms with E-state index in [4.69, 9.17) is 14.2 Å². The van der Waals surface area contributed by atoms with Crippen molar-refractivity contribution in [3.05, 3.63) is 83.9 Å². The van der Waals surface area contributed by atoms with Gasteiger partial charge in [0.2, 0.25) is 0 Å². The largest absolute Gasteiger partial charge is 0.452 e. The third kappa shape index (κ3) is 3.32. The fourth-order valence-corrected chi connectivity index (χ4v) is 2.85. The van der Waals surface area contributed by atoms with Crippen molar-refractivity contribution in [3.63, 3.8) is 0 Å². The van der Waals surface area contributed by atoms with Crippen molar-refractivity contribution in [1.29, 1.82) is 0 Å². The number of epoxide rings is 1. The number of rotatable bonds is 4. The van der Waals surface area contributed by atoms with Gasteiger partial charge >= 0.3 is 11.9 Å². The van der Waals surface area contributed by atoms with Gasteiger partial charge in [0.15, 0.2) is 0 Å². The predicted octanol–water partition coefficient (Wildman–Crippen LogP) is 2.77. The fraction of sp³-hybridized carbons (Fsp3) is 0.200. The van der Waals surface area contributed by atoms with Gasteiger partial charge in [0.05, 0.1) is 11.1 Å². The van der Waals surface area contributed by atoms with E-state index >= 15 is 0 Å². The summed E-state index contributed by atoms with van der Waals surface area (Å²) < 4.78 is 16.5. The zero-order valence-corrected chi connectivity index (χ0v) is 13.3. The fourth-order valence-electron chi connectivity index (χ4n) is 2.85. The lowest BCUT2D eigenvalue weighted by molar-refractivity contribution is 0.0287. The Balaban J connectivity index is 1.38. The molecule has 2 aromatic rings. The van der Waals surface area contributed by atoms with Gasteiger partial charge in [0.25, 0.3) is 0 Å². The van der Waals surface area contributed by atoms with Gasteiger partial charge < -0.3 is 14.2 Å². The molecule has 0 saturated carbocycles. The van der Waals surface area contributed by atoms with Crippen LogP contribution in [0.1, 0.15) is 20.7 Å². The Kier molecular flexibility index (Phi) is 4.07. The molecule has 0 bridgehead atoms. The normalized spacial score (nSPS) is 26.4. The minimum absolute atomic E-state index is 0.272. The molecule has 0 N–H and O–H groups in total. The molecule has 1 saturated heterocycles. The van der Waals surface area contributed by atoms with Crippen LogP contribution in [0.2, 0.25) is 0 Å². The van der Waals surface area contributed by atoms with E-state index in [2.05, 4.69) is 0 Å². The average Bonchev–Trinajstić information content (AvgIpc) is 3.46. The molecule has 25 heavy (non-hydrogen) atoms. The summed E-state index contributed by atoms with van der Waals surface area (Å²) in [4.78, 5) is 24.2. The molecule has 0 spiro atoms. The summed E-state index contributed by atoms with van der Waals surface area (Å²) in [6.45, 7) is 0. The Morgan fingerprint density at radius 3 is 1.48 bits per heavy atom. The quantitative estimate of drug-likeness (QED) is 0.488. The zero-order valence-electron chi connectivity index (χ0n) is 13.3. The second-order valence-corrected chi connectivity index (χ2v) is 5.92. The van der Waals surface area contributed by atoms with Crippen molar-refractivity contribution in [2.75, 3.05) is 0 Å². The van der Waals surface area contributed by atoms with Crippen LogP contribution in [0.15, 0.2) is 72.8 Å². The smallest absolute Gasteiger partial charge is 0.338 e. The van der Waals surface area contributed by atoms with Crippen LogP contribution in [0.3, 0.4) is 0 Å². The average molecular weight is 336 g/mol. The van der Waals surface area contributed by atoms with Gasteiger partial charge in [-0.15, -0.1) is 0 Å². The van der Waals surface area contributed by atoms with Crippen molar-refractivity contribution in [2.24, 2.45) is 0 Å². The summed E-state index contributed by atoms with van der Waals surface area (Å²) in [5, 5.41) is 0. The summed E-state index contributed by atoms with van der Waals surface area (Å²) >= 11 is 0. The Bertz CT molecular complexity index is 732. The third-order valence-electron chi connectivity index (χ3n) is 4.20. The summed E-state index contributed by atoms with van der Waals surface area (Å²) in [6.07, 6.45) is 1.96. The van der Waals surface area contributed by atoms with Gasteiger partial charge in [-0.1, -0.05) is 36.4 Å². The topological polar surface area (TPSA) is 65.1 Å². The molecule has 0 unspecified atom stereocenters. The van der Waals surface area contributed by atoms with Crippen molar-refractivity contribution in [2.45, 2.75) is 24.4 Å². The summed E-state index contributed by atoms with van der Waals surface area (Å²) in [6, 6.07) is 17.6. The van der Waals surface area contributed by atoms with Crippen LogP contribution >= 0.6 is 0 Å². The monoisotopic (exact) mass is 336 g/mol. The zero-order chi connectivity index (χ0) is 17.2. The second-order valence-electron chi connectivity index (χ2n) is 5.92. The Hall–Kier alpha value is -2.92. The molecule has 0 aromatic heterocycles. The van der Waals surface area contributed by atoms with Gasteiger partial charge in [-0.2, -0.15) is 0 Å². The number of carbonyl (C=O) groups excluding carboxylic acids is 2. The van der Waals surface area contributed by atoms with Crippen LogP contribution in [0, 0.1) is 0 Å². The highest BCUT2D eigenvalue weighted by atomic mass is 16.7. The highest BCUT2D eigenvalue weighted by molar-refractivity contribution is 5.90. The summed E-state index contributed by atoms with van der Waals surface area (Å²) in [5.74, 6) is -0.798. The van der Waals surface area contributed by atoms with Crippen LogP contribution in [-0.4, -0.2) is 36.4 Å². The number of carbonyl (C=O) groups is 2. The number of hydrogen-bond acceptors (Lipinski definition) is 5. The molecule has 1 aliphatic heterocycles. The summed E-state index contributed by atoms with van der Waals surface area (Å²) in [7, 11) is 0. The number of fused-ring (bicyclic) bond motifs is 1. The van der Waals surface area contributed by atoms with E-state index in [1.54, 1.807) is 60.7 Å². The predicted molar refractivity (Wildman–Crippen MR) is 89.1 cm³/mol. The second kappa shape index (κ2) is 6.53. The first-order valence-electron chi connectivity index (χ1n) is 8.08. The lowest BCUT2D eigenvalue weighted by Gasteiger charge is -2.19. The molecule has 4 atom stereocenters. The third-order valence-corrected chi connectivity index (χ3v) is 4.20. The van der Waals surface area contributed by atoms with E-state index in [1.807, 2.05) is 12.1 Å². The molecule has 1 heterocycles. The van der Waals surface area contributed by atoms with Crippen LogP contribution in [0.5, 0.6) is 0 Å². The number of hydrogen-bond donors (Lipinski definition) is 0. The van der Waals surface area contributed by atoms with E-state index in [9.17, 15) is 9.59 Å². The molecular formula is C20H16O5. The number of esters is 2. The molecule has 0 radical (unpaired) electrons. The first-order chi connectivity index (χ1) is 12.2. The van der Waals surface area contributed by atoms with Gasteiger partial charge in [-0.05, 0) is 36.4 Å². The maximum atomic E-state index is 12.1. The maximum absolute atomic E-state index is 12.1. The van der Waals surface area contributed by atoms with Crippen LogP contribution in [0.4, 0.5) is 0 Å². The van der Waals surface area contributed by atoms with Crippen molar-refractivity contribution in [3.8, 4) is 0 Å². The van der Waals surface area contributed by atoms with Crippen LogP contribution in [0.25, 0.3) is 0 Å². The Morgan fingerprint density at radius 2 is 1.08 bits per heavy atom. The van der Waals surface area contributed by atoms with Crippen molar-refractivity contribution in [1.82, 2.24) is 0 Å². The molecule has 5 heteroatoms. The molecule has 4 rings (SSSR count). The minimum Gasteiger partial charge on any atom is -0.452 e. The van der Waals surface area contributed by atoms with Crippen molar-refractivity contribution < 1.29 is 23.8 Å². The van der Waals surface area contributed by atoms with Crippen LogP contribution in [-0.2, 0) is 14.2 Å². The van der Waals surface area contributed by atoms with Crippen LogP contribution < -0.4 is 0 Å². The lowest BCUT2D eigenvalue weighted by atomic mass is 10.0. The lowest BCUT2D eigenvalue weighted by Crippen LogP contribution is -2.33. The molecule has 2 aromatic carbocycles. The standard InChI is InChI=1S/C20H16O5/c21-19(13-7-3-1-4-8-13)23-15-11-12-16(18-17(15)25-18)24-20(22)14-9-5-2-6-10-14/h1-12,15-18H/t15-,16+,17-,18+. The Morgan fingerprint density at radius 1 is 0.680 bits per heavy atom. The van der Waals surface area contributed by atoms with Gasteiger partial charge in [-0.25, -0.2) is 9.59 Å². The Labute approximate surface area is 144 Å². The molecule has 1 aliphatic carbocycles.